The third kappa shape index (κ3) is 5.94. The van der Waals surface area contributed by atoms with Crippen LogP contribution in [0.4, 0.5) is 5.82 Å². The van der Waals surface area contributed by atoms with Gasteiger partial charge in [-0.2, -0.15) is 5.21 Å². The number of aromatic nitrogens is 5. The number of amides is 3. The van der Waals surface area contributed by atoms with Crippen molar-refractivity contribution in [1.29, 1.82) is 0 Å². The van der Waals surface area contributed by atoms with E-state index in [1.165, 1.54) is 11.1 Å². The lowest BCUT2D eigenvalue weighted by atomic mass is 9.99. The van der Waals surface area contributed by atoms with Crippen molar-refractivity contribution in [2.24, 2.45) is 0 Å². The molecule has 0 bridgehead atoms. The number of carbonyl (C=O) groups excluding carboxylic acids is 3. The molecule has 2 aromatic heterocycles. The van der Waals surface area contributed by atoms with E-state index in [2.05, 4.69) is 36.2 Å². The van der Waals surface area contributed by atoms with Crippen molar-refractivity contribution in [3.05, 3.63) is 65.6 Å². The van der Waals surface area contributed by atoms with Crippen LogP contribution < -0.4 is 15.5 Å². The lowest BCUT2D eigenvalue weighted by Crippen LogP contribution is -2.55. The summed E-state index contributed by atoms with van der Waals surface area (Å²) in [5.41, 5.74) is 1.42. The molecule has 1 aromatic carbocycles. The predicted molar refractivity (Wildman–Crippen MR) is 129 cm³/mol. The normalized spacial score (nSPS) is 15.9. The van der Waals surface area contributed by atoms with Gasteiger partial charge >= 0.3 is 5.97 Å². The molecule has 3 atom stereocenters. The van der Waals surface area contributed by atoms with E-state index in [0.717, 1.165) is 5.56 Å². The number of carbonyl (C=O) groups is 4. The number of rotatable bonds is 10. The number of anilines is 1. The highest BCUT2D eigenvalue weighted by atomic mass is 16.4. The maximum Gasteiger partial charge on any atom is 0.303 e. The number of nitrogens with one attached hydrogen (secondary N) is 3. The number of aromatic amines is 1. The van der Waals surface area contributed by atoms with Crippen molar-refractivity contribution in [3.63, 3.8) is 0 Å². The van der Waals surface area contributed by atoms with E-state index in [4.69, 9.17) is 0 Å². The van der Waals surface area contributed by atoms with Crippen molar-refractivity contribution < 1.29 is 24.3 Å². The third-order valence-corrected chi connectivity index (χ3v) is 6.12. The Morgan fingerprint density at radius 3 is 2.65 bits per heavy atom. The number of pyridine rings is 1. The van der Waals surface area contributed by atoms with Crippen LogP contribution in [0, 0.1) is 0 Å². The summed E-state index contributed by atoms with van der Waals surface area (Å²) >= 11 is 0. The topological polar surface area (TPSA) is 183 Å². The van der Waals surface area contributed by atoms with Crippen LogP contribution >= 0.6 is 0 Å². The Balaban J connectivity index is 1.57. The molecule has 0 unspecified atom stereocenters. The summed E-state index contributed by atoms with van der Waals surface area (Å²) < 4.78 is 0. The van der Waals surface area contributed by atoms with Gasteiger partial charge < -0.3 is 15.7 Å². The van der Waals surface area contributed by atoms with Crippen LogP contribution in [-0.4, -0.2) is 66.5 Å². The fourth-order valence-corrected chi connectivity index (χ4v) is 4.15. The minimum Gasteiger partial charge on any atom is -0.481 e. The summed E-state index contributed by atoms with van der Waals surface area (Å²) in [6, 6.07) is 10.3. The lowest BCUT2D eigenvalue weighted by Gasteiger charge is -2.29. The summed E-state index contributed by atoms with van der Waals surface area (Å²) in [4.78, 5) is 56.9. The second-order valence-corrected chi connectivity index (χ2v) is 8.59. The fourth-order valence-electron chi connectivity index (χ4n) is 4.15. The first-order chi connectivity index (χ1) is 17.8. The molecular formula is C24H26N8O5. The van der Waals surface area contributed by atoms with Crippen LogP contribution in [0.5, 0.6) is 0 Å². The zero-order chi connectivity index (χ0) is 26.4. The summed E-state index contributed by atoms with van der Waals surface area (Å²) in [5.74, 6) is -2.67. The molecule has 3 heterocycles. The number of carboxylic acid groups (broad SMARTS) is 1. The van der Waals surface area contributed by atoms with E-state index < -0.39 is 41.7 Å². The van der Waals surface area contributed by atoms with Gasteiger partial charge in [-0.15, -0.1) is 10.2 Å². The molecule has 0 aliphatic carbocycles. The summed E-state index contributed by atoms with van der Waals surface area (Å²) in [5, 5.41) is 28.0. The van der Waals surface area contributed by atoms with Gasteiger partial charge in [-0.1, -0.05) is 41.6 Å². The van der Waals surface area contributed by atoms with E-state index in [1.807, 2.05) is 6.07 Å². The molecule has 37 heavy (non-hydrogen) atoms. The summed E-state index contributed by atoms with van der Waals surface area (Å²) in [6.45, 7) is 1.69. The van der Waals surface area contributed by atoms with Gasteiger partial charge in [0.15, 0.2) is 5.82 Å². The first-order valence-corrected chi connectivity index (χ1v) is 11.7. The number of hydrogen-bond donors (Lipinski definition) is 4. The number of H-pyrrole nitrogens is 1. The van der Waals surface area contributed by atoms with Gasteiger partial charge in [-0.25, -0.2) is 4.98 Å². The molecule has 0 saturated carbocycles. The quantitative estimate of drug-likeness (QED) is 0.301. The molecule has 0 saturated heterocycles. The first kappa shape index (κ1) is 25.4. The third-order valence-electron chi connectivity index (χ3n) is 6.12. The maximum atomic E-state index is 13.8. The molecule has 192 valence electrons. The molecule has 0 fully saturated rings. The molecule has 4 N–H and O–H groups in total. The van der Waals surface area contributed by atoms with Gasteiger partial charge in [-0.3, -0.25) is 24.1 Å². The van der Waals surface area contributed by atoms with Gasteiger partial charge in [0.2, 0.25) is 11.8 Å². The largest absolute Gasteiger partial charge is 0.481 e. The highest BCUT2D eigenvalue weighted by molar-refractivity contribution is 6.06. The molecular weight excluding hydrogens is 480 g/mol. The van der Waals surface area contributed by atoms with Gasteiger partial charge in [0.1, 0.15) is 17.9 Å². The minimum absolute atomic E-state index is 0.00853. The highest BCUT2D eigenvalue weighted by Gasteiger charge is 2.42. The van der Waals surface area contributed by atoms with E-state index in [1.54, 1.807) is 43.3 Å². The SMILES string of the molecule is C[C@H](C(=O)N[C@@H](CCC(=O)O)C(=O)N1c2ncccc2C[C@H]1C(=O)NCc1nn[nH]n1)c1ccccc1. The smallest absolute Gasteiger partial charge is 0.303 e. The Morgan fingerprint density at radius 1 is 1.16 bits per heavy atom. The Hall–Kier alpha value is -4.68. The van der Waals surface area contributed by atoms with E-state index in [9.17, 15) is 24.3 Å². The minimum atomic E-state index is -1.18. The number of aliphatic carboxylic acids is 1. The average molecular weight is 507 g/mol. The van der Waals surface area contributed by atoms with Crippen LogP contribution in [0.25, 0.3) is 0 Å². The molecule has 0 radical (unpaired) electrons. The van der Waals surface area contributed by atoms with Crippen LogP contribution in [0.2, 0.25) is 0 Å². The van der Waals surface area contributed by atoms with E-state index in [0.29, 0.717) is 5.56 Å². The Kier molecular flexibility index (Phi) is 7.81. The number of fused-ring (bicyclic) bond motifs is 1. The molecule has 1 aliphatic rings. The standard InChI is InChI=1S/C24H26N8O5/c1-14(15-6-3-2-4-7-15)22(35)27-17(9-10-20(33)34)24(37)32-18(12-16-8-5-11-25-21(16)32)23(36)26-13-19-28-30-31-29-19/h2-8,11,14,17-18H,9-10,12-13H2,1H3,(H,26,36)(H,27,35)(H,33,34)(H,28,29,30,31)/t14-,17-,18-/m0/s1. The molecule has 3 aromatic rings. The van der Waals surface area contributed by atoms with Gasteiger partial charge in [-0.05, 0) is 30.5 Å². The maximum absolute atomic E-state index is 13.8. The molecule has 3 amide bonds. The first-order valence-electron chi connectivity index (χ1n) is 11.7. The van der Waals surface area contributed by atoms with Gasteiger partial charge in [0.05, 0.1) is 12.5 Å². The van der Waals surface area contributed by atoms with Crippen LogP contribution in [-0.2, 0) is 32.1 Å². The number of tetrazole rings is 1. The van der Waals surface area contributed by atoms with Gasteiger partial charge in [0.25, 0.3) is 5.91 Å². The Morgan fingerprint density at radius 2 is 1.95 bits per heavy atom. The summed E-state index contributed by atoms with van der Waals surface area (Å²) in [7, 11) is 0. The zero-order valence-electron chi connectivity index (χ0n) is 20.0. The average Bonchev–Trinajstić information content (AvgIpc) is 3.57. The molecule has 13 nitrogen and oxygen atoms in total. The van der Waals surface area contributed by atoms with E-state index >= 15 is 0 Å². The molecule has 4 rings (SSSR count). The molecule has 13 heteroatoms. The van der Waals surface area contributed by atoms with Crippen molar-refractivity contribution >= 4 is 29.5 Å². The molecule has 0 spiro atoms. The Bertz CT molecular complexity index is 1270. The van der Waals surface area contributed by atoms with Crippen molar-refractivity contribution in [1.82, 2.24) is 36.2 Å². The molecule has 1 aliphatic heterocycles. The lowest BCUT2D eigenvalue weighted by molar-refractivity contribution is -0.138. The van der Waals surface area contributed by atoms with Crippen LogP contribution in [0.3, 0.4) is 0 Å². The fraction of sp³-hybridized carbons (Fsp3) is 0.333. The monoisotopic (exact) mass is 506 g/mol. The number of nitrogens with zero attached hydrogens (tertiary/aromatic N) is 5. The van der Waals surface area contributed by atoms with Crippen LogP contribution in [0.1, 0.15) is 42.6 Å². The van der Waals surface area contributed by atoms with Crippen molar-refractivity contribution in [2.75, 3.05) is 4.90 Å². The number of carboxylic acids is 1. The predicted octanol–water partition coefficient (Wildman–Crippen LogP) is 0.322. The van der Waals surface area contributed by atoms with Crippen molar-refractivity contribution in [2.45, 2.75) is 50.7 Å². The van der Waals surface area contributed by atoms with Crippen molar-refractivity contribution in [3.8, 4) is 0 Å². The zero-order valence-corrected chi connectivity index (χ0v) is 20.0. The second kappa shape index (κ2) is 11.4. The number of hydrogen-bond acceptors (Lipinski definition) is 8. The highest BCUT2D eigenvalue weighted by Crippen LogP contribution is 2.31. The Labute approximate surface area is 211 Å². The number of benzene rings is 1. The van der Waals surface area contributed by atoms with E-state index in [-0.39, 0.29) is 37.4 Å². The summed E-state index contributed by atoms with van der Waals surface area (Å²) in [6.07, 6.45) is 1.19. The van der Waals surface area contributed by atoms with Gasteiger partial charge in [0, 0.05) is 19.0 Å². The van der Waals surface area contributed by atoms with Crippen LogP contribution in [0.15, 0.2) is 48.7 Å². The second-order valence-electron chi connectivity index (χ2n) is 8.59.